The predicted molar refractivity (Wildman–Crippen MR) is 257 cm³/mol. The van der Waals surface area contributed by atoms with Crippen LogP contribution in [-0.2, 0) is 40.0 Å². The minimum absolute atomic E-state index is 0.0309. The third-order valence-corrected chi connectivity index (χ3v) is 18.8. The number of ketones is 1. The van der Waals surface area contributed by atoms with Crippen LogP contribution in [0.15, 0.2) is 35.4 Å². The number of carboxylic acid groups (broad SMARTS) is 2. The lowest BCUT2D eigenvalue weighted by Crippen LogP contribution is -2.66. The lowest BCUT2D eigenvalue weighted by molar-refractivity contribution is -0.235. The zero-order chi connectivity index (χ0) is 49.2. The van der Waals surface area contributed by atoms with Gasteiger partial charge in [0.25, 0.3) is 0 Å². The van der Waals surface area contributed by atoms with Crippen molar-refractivity contribution in [2.45, 2.75) is 166 Å². The Bertz CT molecular complexity index is 2080. The van der Waals surface area contributed by atoms with Gasteiger partial charge in [0.05, 0.1) is 23.7 Å². The van der Waals surface area contributed by atoms with Gasteiger partial charge in [-0.2, -0.15) is 0 Å². The fourth-order valence-corrected chi connectivity index (χ4v) is 14.6. The first-order chi connectivity index (χ1) is 30.4. The van der Waals surface area contributed by atoms with E-state index in [1.807, 2.05) is 38.4 Å². The highest BCUT2D eigenvalue weighted by molar-refractivity contribution is 6.30. The van der Waals surface area contributed by atoms with Crippen LogP contribution in [0.3, 0.4) is 0 Å². The molecule has 5 aliphatic rings. The zero-order valence-electron chi connectivity index (χ0n) is 42.4. The van der Waals surface area contributed by atoms with Crippen LogP contribution < -0.4 is 0 Å². The number of aliphatic carboxylic acids is 2. The fraction of sp³-hybridized carbons (Fsp3) is 0.759. The summed E-state index contributed by atoms with van der Waals surface area (Å²) in [5.74, 6) is -2.24. The third-order valence-electron chi connectivity index (χ3n) is 18.5. The number of hydrogen-bond donors (Lipinski definition) is 2. The molecule has 1 aromatic carbocycles. The van der Waals surface area contributed by atoms with Crippen molar-refractivity contribution < 1.29 is 43.7 Å². The summed E-state index contributed by atoms with van der Waals surface area (Å²) in [6.45, 7) is 24.9. The average Bonchev–Trinajstić information content (AvgIpc) is 3.51. The quantitative estimate of drug-likeness (QED) is 0.144. The predicted octanol–water partition coefficient (Wildman–Crippen LogP) is 10.5. The molecule has 2 N–H and O–H groups in total. The summed E-state index contributed by atoms with van der Waals surface area (Å²) >= 11 is 6.31. The highest BCUT2D eigenvalue weighted by Crippen LogP contribution is 2.77. The number of rotatable bonds is 17. The van der Waals surface area contributed by atoms with E-state index < -0.39 is 46.2 Å². The van der Waals surface area contributed by atoms with Crippen LogP contribution >= 0.6 is 11.6 Å². The number of ether oxygens (including phenoxy) is 2. The van der Waals surface area contributed by atoms with E-state index in [1.54, 1.807) is 27.7 Å². The normalized spacial score (nSPS) is 32.3. The van der Waals surface area contributed by atoms with Gasteiger partial charge in [0, 0.05) is 48.5 Å². The maximum atomic E-state index is 14.8. The highest BCUT2D eigenvalue weighted by Gasteiger charge is 2.71. The molecule has 6 rings (SSSR count). The number of nitrogens with zero attached hydrogens (tertiary/aromatic N) is 2. The molecule has 11 nitrogen and oxygen atoms in total. The number of benzene rings is 1. The van der Waals surface area contributed by atoms with Crippen molar-refractivity contribution in [1.29, 1.82) is 0 Å². The number of Topliss-reactive ketones (excluding diaryl/α,β-unsaturated/α-hetero) is 1. The number of hydrogen-bond acceptors (Lipinski definition) is 9. The number of allylic oxidation sites excluding steroid dienone is 1. The van der Waals surface area contributed by atoms with Crippen LogP contribution in [0.4, 0.5) is 0 Å². The molecule has 368 valence electrons. The summed E-state index contributed by atoms with van der Waals surface area (Å²) in [5.41, 5.74) is -0.739. The molecule has 12 heteroatoms. The minimum Gasteiger partial charge on any atom is -0.481 e. The maximum absolute atomic E-state index is 14.8. The molecule has 0 bridgehead atoms. The molecular formula is C54H81ClN2O9. The van der Waals surface area contributed by atoms with Crippen molar-refractivity contribution in [2.24, 2.45) is 61.6 Å². The van der Waals surface area contributed by atoms with Gasteiger partial charge in [0.2, 0.25) is 0 Å². The first kappa shape index (κ1) is 52.1. The van der Waals surface area contributed by atoms with Crippen molar-refractivity contribution in [3.05, 3.63) is 46.0 Å². The van der Waals surface area contributed by atoms with Gasteiger partial charge in [0.15, 0.2) is 5.78 Å². The molecule has 0 aliphatic heterocycles. The SMILES string of the molecule is CC(C)C1=C2[C@H]3CC[C@@H]4[C@@]5(C)CC[C@H](OC(=O)CC(C)(C)C(=O)O)C(C)(C)C5CC[C@@]4(C)[C@]3(C)CCC2([C@@H](CN(CCN(C)C)Cc2ccc(Cl)cc2)OC(=O)CC(C)(C)C(=O)O)CC1=O. The number of halogens is 1. The number of carbonyl (C=O) groups excluding carboxylic acids is 3. The molecule has 0 amide bonds. The summed E-state index contributed by atoms with van der Waals surface area (Å²) in [6.07, 6.45) is 5.84. The topological polar surface area (TPSA) is 151 Å². The van der Waals surface area contributed by atoms with Gasteiger partial charge < -0.3 is 24.6 Å². The molecule has 0 aromatic heterocycles. The van der Waals surface area contributed by atoms with E-state index in [1.165, 1.54) is 5.57 Å². The Hall–Kier alpha value is -3.28. The molecule has 9 atom stereocenters. The molecule has 0 heterocycles. The Balaban J connectivity index is 1.38. The number of likely N-dealkylation sites (N-methyl/N-ethyl adjacent to an activating group) is 1. The second-order valence-electron chi connectivity index (χ2n) is 24.6. The molecule has 0 radical (unpaired) electrons. The van der Waals surface area contributed by atoms with Crippen LogP contribution in [0.25, 0.3) is 0 Å². The van der Waals surface area contributed by atoms with E-state index in [-0.39, 0.29) is 70.6 Å². The molecule has 4 fully saturated rings. The standard InChI is InChI=1S/C54H81ClN2O9/c1-33(2)44-37(58)28-54(41(66-43(60)30-49(5,6)47(63)64)32-57(27-26-56(12)13)31-34-14-16-35(55)17-15-34)25-24-52(10)36(45(44)54)18-19-39-51(9)22-21-40(65-42(59)29-48(3,4)46(61)62)50(7,8)38(51)20-23-53(39,52)11/h14-17,33,36,38-41H,18-32H2,1-13H3,(H,61,62)(H,63,64)/t36-,38?,39-,40+,41-,51+,52-,53-,54?/m1/s1. The number of fused-ring (bicyclic) bond motifs is 7. The van der Waals surface area contributed by atoms with Gasteiger partial charge in [0.1, 0.15) is 12.2 Å². The number of carbonyl (C=O) groups is 5. The van der Waals surface area contributed by atoms with Gasteiger partial charge in [-0.3, -0.25) is 28.9 Å². The molecule has 66 heavy (non-hydrogen) atoms. The van der Waals surface area contributed by atoms with Crippen LogP contribution in [0.1, 0.15) is 152 Å². The Labute approximate surface area is 400 Å². The van der Waals surface area contributed by atoms with Crippen LogP contribution in [0.5, 0.6) is 0 Å². The molecule has 2 unspecified atom stereocenters. The summed E-state index contributed by atoms with van der Waals surface area (Å²) in [4.78, 5) is 71.0. The molecule has 0 saturated heterocycles. The zero-order valence-corrected chi connectivity index (χ0v) is 43.2. The summed E-state index contributed by atoms with van der Waals surface area (Å²) in [5, 5.41) is 20.4. The lowest BCUT2D eigenvalue weighted by Gasteiger charge is -2.72. The molecule has 5 aliphatic carbocycles. The van der Waals surface area contributed by atoms with E-state index in [0.29, 0.717) is 37.0 Å². The van der Waals surface area contributed by atoms with Crippen LogP contribution in [-0.4, -0.2) is 95.6 Å². The second kappa shape index (κ2) is 18.6. The Morgan fingerprint density at radius 3 is 1.97 bits per heavy atom. The second-order valence-corrected chi connectivity index (χ2v) is 25.0. The number of carboxylic acids is 2. The largest absolute Gasteiger partial charge is 0.481 e. The third kappa shape index (κ3) is 9.41. The van der Waals surface area contributed by atoms with E-state index >= 15 is 0 Å². The first-order valence-electron chi connectivity index (χ1n) is 24.7. The van der Waals surface area contributed by atoms with E-state index in [2.05, 4.69) is 58.3 Å². The van der Waals surface area contributed by atoms with Crippen molar-refractivity contribution in [2.75, 3.05) is 33.7 Å². The fourth-order valence-electron chi connectivity index (χ4n) is 14.5. The highest BCUT2D eigenvalue weighted by atomic mass is 35.5. The molecule has 1 aromatic rings. The van der Waals surface area contributed by atoms with Gasteiger partial charge in [-0.1, -0.05) is 72.2 Å². The summed E-state index contributed by atoms with van der Waals surface area (Å²) in [7, 11) is 4.08. The van der Waals surface area contributed by atoms with Crippen molar-refractivity contribution in [3.8, 4) is 0 Å². The van der Waals surface area contributed by atoms with Crippen molar-refractivity contribution in [1.82, 2.24) is 9.80 Å². The van der Waals surface area contributed by atoms with Crippen molar-refractivity contribution >= 4 is 41.3 Å². The van der Waals surface area contributed by atoms with E-state index in [4.69, 9.17) is 21.1 Å². The Morgan fingerprint density at radius 2 is 1.39 bits per heavy atom. The maximum Gasteiger partial charge on any atom is 0.309 e. The van der Waals surface area contributed by atoms with Gasteiger partial charge >= 0.3 is 23.9 Å². The molecule has 4 saturated carbocycles. The molecular weight excluding hydrogens is 856 g/mol. The van der Waals surface area contributed by atoms with Gasteiger partial charge in [-0.25, -0.2) is 0 Å². The summed E-state index contributed by atoms with van der Waals surface area (Å²) < 4.78 is 13.0. The smallest absolute Gasteiger partial charge is 0.309 e. The van der Waals surface area contributed by atoms with Crippen LogP contribution in [0.2, 0.25) is 5.02 Å². The van der Waals surface area contributed by atoms with Gasteiger partial charge in [-0.15, -0.1) is 0 Å². The Kier molecular flexibility index (Phi) is 14.7. The summed E-state index contributed by atoms with van der Waals surface area (Å²) in [6, 6.07) is 7.81. The first-order valence-corrected chi connectivity index (χ1v) is 25.1. The lowest BCUT2D eigenvalue weighted by atomic mass is 9.33. The average molecular weight is 938 g/mol. The number of esters is 2. The van der Waals surface area contributed by atoms with Crippen molar-refractivity contribution in [3.63, 3.8) is 0 Å². The van der Waals surface area contributed by atoms with Gasteiger partial charge in [-0.05, 0) is 162 Å². The molecule has 0 spiro atoms. The van der Waals surface area contributed by atoms with E-state index in [9.17, 15) is 34.2 Å². The monoisotopic (exact) mass is 937 g/mol. The van der Waals surface area contributed by atoms with E-state index in [0.717, 1.165) is 62.6 Å². The Morgan fingerprint density at radius 1 is 0.788 bits per heavy atom. The minimum atomic E-state index is -1.33. The van der Waals surface area contributed by atoms with Crippen LogP contribution in [0, 0.1) is 61.6 Å².